The molecular formula is C18H16N2O4S. The maximum atomic E-state index is 12.6. The van der Waals surface area contributed by atoms with Gasteiger partial charge in [0.1, 0.15) is 5.69 Å². The quantitative estimate of drug-likeness (QED) is 0.656. The molecule has 128 valence electrons. The number of aromatic nitrogens is 2. The molecule has 6 nitrogen and oxygen atoms in total. The lowest BCUT2D eigenvalue weighted by Crippen LogP contribution is -2.26. The van der Waals surface area contributed by atoms with Crippen LogP contribution < -0.4 is 0 Å². The van der Waals surface area contributed by atoms with Gasteiger partial charge in [0.2, 0.25) is 0 Å². The summed E-state index contributed by atoms with van der Waals surface area (Å²) in [6, 6.07) is 14.8. The highest BCUT2D eigenvalue weighted by molar-refractivity contribution is 7.13. The number of hydrogen-bond donors (Lipinski definition) is 0. The second kappa shape index (κ2) is 7.31. The fourth-order valence-electron chi connectivity index (χ4n) is 2.27. The molecule has 0 N–H and O–H groups in total. The van der Waals surface area contributed by atoms with E-state index in [1.807, 2.05) is 47.8 Å². The number of thiophene rings is 1. The van der Waals surface area contributed by atoms with E-state index in [9.17, 15) is 9.59 Å². The van der Waals surface area contributed by atoms with Crippen LogP contribution in [-0.2, 0) is 14.3 Å². The first-order valence-corrected chi connectivity index (χ1v) is 8.46. The van der Waals surface area contributed by atoms with Gasteiger partial charge in [0.15, 0.2) is 11.8 Å². The lowest BCUT2D eigenvalue weighted by atomic mass is 10.3. The van der Waals surface area contributed by atoms with Gasteiger partial charge in [0, 0.05) is 6.07 Å². The van der Waals surface area contributed by atoms with Crippen LogP contribution in [0.15, 0.2) is 53.9 Å². The van der Waals surface area contributed by atoms with E-state index in [2.05, 4.69) is 9.84 Å². The first kappa shape index (κ1) is 16.9. The highest BCUT2D eigenvalue weighted by atomic mass is 32.1. The number of esters is 2. The fourth-order valence-corrected chi connectivity index (χ4v) is 2.95. The second-order valence-corrected chi connectivity index (χ2v) is 6.16. The van der Waals surface area contributed by atoms with Crippen LogP contribution in [0.3, 0.4) is 0 Å². The molecule has 0 saturated heterocycles. The van der Waals surface area contributed by atoms with E-state index in [1.54, 1.807) is 6.07 Å². The standard InChI is InChI=1S/C18H16N2O4S/c1-12(17(21)23-2)24-18(22)15-11-14(16-9-6-10-25-16)19-20(15)13-7-4-3-5-8-13/h3-12H,1-2H3. The van der Waals surface area contributed by atoms with Crippen LogP contribution in [0, 0.1) is 0 Å². The largest absolute Gasteiger partial charge is 0.466 e. The molecule has 0 aliphatic heterocycles. The summed E-state index contributed by atoms with van der Waals surface area (Å²) in [6.45, 7) is 1.47. The predicted octanol–water partition coefficient (Wildman–Crippen LogP) is 3.32. The molecule has 2 aromatic heterocycles. The molecule has 0 amide bonds. The summed E-state index contributed by atoms with van der Waals surface area (Å²) in [6.07, 6.45) is -0.998. The molecule has 0 spiro atoms. The molecule has 2 heterocycles. The maximum absolute atomic E-state index is 12.6. The Morgan fingerprint density at radius 1 is 1.16 bits per heavy atom. The van der Waals surface area contributed by atoms with Gasteiger partial charge in [-0.3, -0.25) is 0 Å². The van der Waals surface area contributed by atoms with Crippen molar-refractivity contribution < 1.29 is 19.1 Å². The monoisotopic (exact) mass is 356 g/mol. The molecule has 0 aliphatic carbocycles. The minimum Gasteiger partial charge on any atom is -0.466 e. The average Bonchev–Trinajstić information content (AvgIpc) is 3.31. The van der Waals surface area contributed by atoms with Crippen molar-refractivity contribution in [2.75, 3.05) is 7.11 Å². The van der Waals surface area contributed by atoms with Crippen molar-refractivity contribution in [2.24, 2.45) is 0 Å². The van der Waals surface area contributed by atoms with Crippen LogP contribution in [-0.4, -0.2) is 34.9 Å². The second-order valence-electron chi connectivity index (χ2n) is 5.21. The van der Waals surface area contributed by atoms with Crippen LogP contribution in [0.2, 0.25) is 0 Å². The summed E-state index contributed by atoms with van der Waals surface area (Å²) in [7, 11) is 1.25. The van der Waals surface area contributed by atoms with Crippen molar-refractivity contribution >= 4 is 23.3 Å². The van der Waals surface area contributed by atoms with Crippen molar-refractivity contribution in [2.45, 2.75) is 13.0 Å². The highest BCUT2D eigenvalue weighted by Gasteiger charge is 2.24. The summed E-state index contributed by atoms with van der Waals surface area (Å²) in [4.78, 5) is 25.0. The molecule has 3 rings (SSSR count). The number of nitrogens with zero attached hydrogens (tertiary/aromatic N) is 2. The van der Waals surface area contributed by atoms with Gasteiger partial charge in [-0.2, -0.15) is 5.10 Å². The van der Waals surface area contributed by atoms with Crippen molar-refractivity contribution in [1.29, 1.82) is 0 Å². The number of ether oxygens (including phenoxy) is 2. The van der Waals surface area contributed by atoms with Crippen molar-refractivity contribution in [3.63, 3.8) is 0 Å². The van der Waals surface area contributed by atoms with Crippen LogP contribution >= 0.6 is 11.3 Å². The van der Waals surface area contributed by atoms with Gasteiger partial charge in [0.25, 0.3) is 0 Å². The Balaban J connectivity index is 1.99. The van der Waals surface area contributed by atoms with Crippen LogP contribution in [0.5, 0.6) is 0 Å². The van der Waals surface area contributed by atoms with E-state index in [0.717, 1.165) is 10.6 Å². The SMILES string of the molecule is COC(=O)C(C)OC(=O)c1cc(-c2cccs2)nn1-c1ccccc1. The van der Waals surface area contributed by atoms with E-state index in [0.29, 0.717) is 5.69 Å². The lowest BCUT2D eigenvalue weighted by Gasteiger charge is -2.11. The summed E-state index contributed by atoms with van der Waals surface area (Å²) in [5.74, 6) is -1.25. The van der Waals surface area contributed by atoms with E-state index < -0.39 is 18.0 Å². The molecule has 1 aromatic carbocycles. The zero-order valence-corrected chi connectivity index (χ0v) is 14.5. The minimum absolute atomic E-state index is 0.241. The average molecular weight is 356 g/mol. The van der Waals surface area contributed by atoms with Gasteiger partial charge in [-0.15, -0.1) is 11.3 Å². The Kier molecular flexibility index (Phi) is 4.95. The van der Waals surface area contributed by atoms with Gasteiger partial charge >= 0.3 is 11.9 Å². The summed E-state index contributed by atoms with van der Waals surface area (Å²) in [5, 5.41) is 6.47. The number of rotatable bonds is 5. The molecule has 0 bridgehead atoms. The molecule has 0 aliphatic rings. The van der Waals surface area contributed by atoms with E-state index in [1.165, 1.54) is 30.1 Å². The van der Waals surface area contributed by atoms with Crippen LogP contribution in [0.4, 0.5) is 0 Å². The first-order chi connectivity index (χ1) is 12.1. The molecule has 0 fully saturated rings. The molecule has 3 aromatic rings. The summed E-state index contributed by atoms with van der Waals surface area (Å²) >= 11 is 1.53. The predicted molar refractivity (Wildman–Crippen MR) is 93.8 cm³/mol. The van der Waals surface area contributed by atoms with Gasteiger partial charge in [-0.05, 0) is 30.5 Å². The number of hydrogen-bond acceptors (Lipinski definition) is 6. The van der Waals surface area contributed by atoms with Crippen molar-refractivity contribution in [1.82, 2.24) is 9.78 Å². The molecule has 7 heteroatoms. The van der Waals surface area contributed by atoms with Gasteiger partial charge in [-0.1, -0.05) is 24.3 Å². The molecule has 1 unspecified atom stereocenters. The third kappa shape index (κ3) is 3.61. The molecule has 1 atom stereocenters. The number of para-hydroxylation sites is 1. The molecule has 25 heavy (non-hydrogen) atoms. The third-order valence-corrected chi connectivity index (χ3v) is 4.40. The van der Waals surface area contributed by atoms with Gasteiger partial charge in [0.05, 0.1) is 17.7 Å². The van der Waals surface area contributed by atoms with Crippen LogP contribution in [0.1, 0.15) is 17.4 Å². The molecular weight excluding hydrogens is 340 g/mol. The van der Waals surface area contributed by atoms with E-state index >= 15 is 0 Å². The van der Waals surface area contributed by atoms with Gasteiger partial charge < -0.3 is 9.47 Å². The smallest absolute Gasteiger partial charge is 0.357 e. The number of benzene rings is 1. The summed E-state index contributed by atoms with van der Waals surface area (Å²) in [5.41, 5.74) is 1.63. The topological polar surface area (TPSA) is 70.4 Å². The van der Waals surface area contributed by atoms with Crippen molar-refractivity contribution in [3.8, 4) is 16.3 Å². The molecule has 0 saturated carbocycles. The Labute approximate surface area is 148 Å². The zero-order valence-electron chi connectivity index (χ0n) is 13.7. The minimum atomic E-state index is -0.998. The van der Waals surface area contributed by atoms with Crippen LogP contribution in [0.25, 0.3) is 16.3 Å². The first-order valence-electron chi connectivity index (χ1n) is 7.58. The number of carbonyl (C=O) groups excluding carboxylic acids is 2. The highest BCUT2D eigenvalue weighted by Crippen LogP contribution is 2.26. The van der Waals surface area contributed by atoms with Crippen molar-refractivity contribution in [3.05, 3.63) is 59.6 Å². The number of carbonyl (C=O) groups is 2. The van der Waals surface area contributed by atoms with E-state index in [4.69, 9.17) is 4.74 Å². The van der Waals surface area contributed by atoms with E-state index in [-0.39, 0.29) is 5.69 Å². The fraction of sp³-hybridized carbons (Fsp3) is 0.167. The normalized spacial score (nSPS) is 11.8. The Bertz CT molecular complexity index is 872. The zero-order chi connectivity index (χ0) is 17.8. The number of methoxy groups -OCH3 is 1. The Hall–Kier alpha value is -2.93. The molecule has 0 radical (unpaired) electrons. The third-order valence-electron chi connectivity index (χ3n) is 3.51. The maximum Gasteiger partial charge on any atom is 0.357 e. The van der Waals surface area contributed by atoms with Gasteiger partial charge in [-0.25, -0.2) is 14.3 Å². The Morgan fingerprint density at radius 2 is 1.92 bits per heavy atom. The lowest BCUT2D eigenvalue weighted by molar-refractivity contribution is -0.149. The summed E-state index contributed by atoms with van der Waals surface area (Å²) < 4.78 is 11.3. The Morgan fingerprint density at radius 3 is 2.56 bits per heavy atom.